The number of amides is 1. The zero-order valence-corrected chi connectivity index (χ0v) is 15.8. The fourth-order valence-electron chi connectivity index (χ4n) is 3.74. The normalized spacial score (nSPS) is 16.2. The highest BCUT2D eigenvalue weighted by atomic mass is 16.2. The lowest BCUT2D eigenvalue weighted by Gasteiger charge is -2.31. The summed E-state index contributed by atoms with van der Waals surface area (Å²) >= 11 is 0. The fraction of sp³-hybridized carbons (Fsp3) is 0.174. The first-order valence-corrected chi connectivity index (χ1v) is 9.35. The second kappa shape index (κ2) is 7.64. The topological polar surface area (TPSA) is 69.1 Å². The average molecular weight is 370 g/mol. The Bertz CT molecular complexity index is 1070. The van der Waals surface area contributed by atoms with E-state index >= 15 is 0 Å². The number of benzene rings is 2. The molecule has 1 fully saturated rings. The van der Waals surface area contributed by atoms with Crippen LogP contribution in [0.25, 0.3) is 16.5 Å². The van der Waals surface area contributed by atoms with E-state index in [2.05, 4.69) is 10.3 Å². The minimum absolute atomic E-state index is 0.0705. The van der Waals surface area contributed by atoms with Crippen LogP contribution in [-0.2, 0) is 0 Å². The number of nitrogens with zero attached hydrogens (tertiary/aromatic N) is 2. The Kier molecular flexibility index (Phi) is 4.89. The van der Waals surface area contributed by atoms with Gasteiger partial charge >= 0.3 is 0 Å². The van der Waals surface area contributed by atoms with Crippen molar-refractivity contribution in [1.82, 2.24) is 15.2 Å². The van der Waals surface area contributed by atoms with E-state index in [1.165, 1.54) is 0 Å². The Labute approximate surface area is 164 Å². The van der Waals surface area contributed by atoms with Crippen LogP contribution in [0.2, 0.25) is 0 Å². The van der Waals surface area contributed by atoms with Crippen molar-refractivity contribution >= 4 is 28.1 Å². The van der Waals surface area contributed by atoms with E-state index in [-0.39, 0.29) is 5.91 Å². The van der Waals surface area contributed by atoms with Crippen LogP contribution >= 0.6 is 0 Å². The predicted molar refractivity (Wildman–Crippen MR) is 112 cm³/mol. The van der Waals surface area contributed by atoms with E-state index in [0.717, 1.165) is 27.6 Å². The van der Waals surface area contributed by atoms with Gasteiger partial charge in [0.2, 0.25) is 0 Å². The monoisotopic (exact) mass is 370 g/mol. The van der Waals surface area contributed by atoms with Crippen molar-refractivity contribution in [2.24, 2.45) is 0 Å². The number of carbonyl (C=O) groups excluding carboxylic acids is 1. The van der Waals surface area contributed by atoms with E-state index in [0.29, 0.717) is 30.8 Å². The Hall–Kier alpha value is -3.47. The summed E-state index contributed by atoms with van der Waals surface area (Å²) in [6.45, 7) is 0.882. The van der Waals surface area contributed by atoms with Gasteiger partial charge in [0, 0.05) is 42.6 Å². The SMILES string of the molecule is CN/C(=C1/CCN(C(=O)c2cncc3ccccc23)CC1=N)c1ccccc1. The quantitative estimate of drug-likeness (QED) is 0.738. The molecular weight excluding hydrogens is 348 g/mol. The molecule has 2 heterocycles. The number of hydrogen-bond donors (Lipinski definition) is 2. The van der Waals surface area contributed by atoms with Gasteiger partial charge in [-0.05, 0) is 17.4 Å². The molecule has 2 N–H and O–H groups in total. The highest BCUT2D eigenvalue weighted by Crippen LogP contribution is 2.25. The summed E-state index contributed by atoms with van der Waals surface area (Å²) in [4.78, 5) is 19.1. The van der Waals surface area contributed by atoms with Gasteiger partial charge in [-0.15, -0.1) is 0 Å². The molecule has 0 atom stereocenters. The summed E-state index contributed by atoms with van der Waals surface area (Å²) in [7, 11) is 1.88. The van der Waals surface area contributed by atoms with Crippen LogP contribution in [0.3, 0.4) is 0 Å². The molecule has 0 bridgehead atoms. The second-order valence-electron chi connectivity index (χ2n) is 6.83. The molecule has 0 unspecified atom stereocenters. The lowest BCUT2D eigenvalue weighted by atomic mass is 9.95. The van der Waals surface area contributed by atoms with E-state index < -0.39 is 0 Å². The third-order valence-electron chi connectivity index (χ3n) is 5.15. The first-order chi connectivity index (χ1) is 13.7. The summed E-state index contributed by atoms with van der Waals surface area (Å²) < 4.78 is 0. The molecule has 0 saturated carbocycles. The van der Waals surface area contributed by atoms with Crippen molar-refractivity contribution < 1.29 is 4.79 Å². The van der Waals surface area contributed by atoms with Gasteiger partial charge in [-0.3, -0.25) is 9.78 Å². The summed E-state index contributed by atoms with van der Waals surface area (Å²) in [5.41, 5.74) is 4.05. The Morgan fingerprint density at radius 3 is 2.57 bits per heavy atom. The third kappa shape index (κ3) is 3.27. The maximum atomic E-state index is 13.1. The minimum Gasteiger partial charge on any atom is -0.387 e. The van der Waals surface area contributed by atoms with Gasteiger partial charge in [0.15, 0.2) is 0 Å². The van der Waals surface area contributed by atoms with Gasteiger partial charge in [-0.25, -0.2) is 0 Å². The zero-order valence-electron chi connectivity index (χ0n) is 15.8. The molecule has 5 nitrogen and oxygen atoms in total. The van der Waals surface area contributed by atoms with Crippen LogP contribution in [0.15, 0.2) is 72.6 Å². The number of piperidine rings is 1. The maximum Gasteiger partial charge on any atom is 0.256 e. The van der Waals surface area contributed by atoms with E-state index in [4.69, 9.17) is 5.41 Å². The first-order valence-electron chi connectivity index (χ1n) is 9.35. The summed E-state index contributed by atoms with van der Waals surface area (Å²) in [6, 6.07) is 17.8. The van der Waals surface area contributed by atoms with Gasteiger partial charge in [0.1, 0.15) is 0 Å². The molecular formula is C23H22N4O. The molecule has 1 saturated heterocycles. The first kappa shape index (κ1) is 17.9. The molecule has 1 aromatic heterocycles. The van der Waals surface area contributed by atoms with Gasteiger partial charge in [-0.1, -0.05) is 54.6 Å². The van der Waals surface area contributed by atoms with Gasteiger partial charge < -0.3 is 15.6 Å². The van der Waals surface area contributed by atoms with Crippen molar-refractivity contribution in [2.45, 2.75) is 6.42 Å². The number of pyridine rings is 1. The lowest BCUT2D eigenvalue weighted by Crippen LogP contribution is -2.41. The van der Waals surface area contributed by atoms with E-state index in [9.17, 15) is 4.79 Å². The Morgan fingerprint density at radius 1 is 1.07 bits per heavy atom. The summed E-state index contributed by atoms with van der Waals surface area (Å²) in [6.07, 6.45) is 4.04. The highest BCUT2D eigenvalue weighted by molar-refractivity contribution is 6.11. The number of hydrogen-bond acceptors (Lipinski definition) is 4. The maximum absolute atomic E-state index is 13.1. The standard InChI is InChI=1S/C23H22N4O/c1-25-22(16-7-3-2-4-8-16)19-11-12-27(15-21(19)24)23(28)20-14-26-13-17-9-5-6-10-18(17)20/h2-10,13-14,24-25H,11-12,15H2,1H3/b22-19-,24-21?. The molecule has 140 valence electrons. The molecule has 1 amide bonds. The van der Waals surface area contributed by atoms with Gasteiger partial charge in [0.25, 0.3) is 5.91 Å². The third-order valence-corrected chi connectivity index (χ3v) is 5.15. The number of likely N-dealkylation sites (tertiary alicyclic amines) is 1. The van der Waals surface area contributed by atoms with Crippen molar-refractivity contribution in [3.05, 3.63) is 83.7 Å². The van der Waals surface area contributed by atoms with Crippen LogP contribution in [0.4, 0.5) is 0 Å². The molecule has 0 spiro atoms. The zero-order chi connectivity index (χ0) is 19.5. The van der Waals surface area contributed by atoms with Crippen LogP contribution in [0.1, 0.15) is 22.3 Å². The second-order valence-corrected chi connectivity index (χ2v) is 6.83. The number of aromatic nitrogens is 1. The largest absolute Gasteiger partial charge is 0.387 e. The van der Waals surface area contributed by atoms with Gasteiger partial charge in [-0.2, -0.15) is 0 Å². The molecule has 28 heavy (non-hydrogen) atoms. The average Bonchev–Trinajstić information content (AvgIpc) is 2.75. The Morgan fingerprint density at radius 2 is 1.82 bits per heavy atom. The number of carbonyl (C=O) groups is 1. The molecule has 0 radical (unpaired) electrons. The van der Waals surface area contributed by atoms with Crippen LogP contribution in [-0.4, -0.2) is 41.6 Å². The smallest absolute Gasteiger partial charge is 0.256 e. The minimum atomic E-state index is -0.0705. The van der Waals surface area contributed by atoms with E-state index in [1.54, 1.807) is 17.3 Å². The highest BCUT2D eigenvalue weighted by Gasteiger charge is 2.27. The van der Waals surface area contributed by atoms with Gasteiger partial charge in [0.05, 0.1) is 17.8 Å². The molecule has 3 aromatic rings. The fourth-order valence-corrected chi connectivity index (χ4v) is 3.74. The number of nitrogens with one attached hydrogen (secondary N) is 2. The molecule has 2 aromatic carbocycles. The van der Waals surface area contributed by atoms with Crippen molar-refractivity contribution in [3.8, 4) is 0 Å². The molecule has 5 heteroatoms. The summed E-state index contributed by atoms with van der Waals surface area (Å²) in [5, 5.41) is 13.7. The summed E-state index contributed by atoms with van der Waals surface area (Å²) in [5.74, 6) is -0.0705. The number of rotatable bonds is 3. The molecule has 1 aliphatic rings. The van der Waals surface area contributed by atoms with E-state index in [1.807, 2.05) is 61.6 Å². The molecule has 1 aliphatic heterocycles. The Balaban J connectivity index is 1.61. The van der Waals surface area contributed by atoms with Crippen LogP contribution in [0, 0.1) is 5.41 Å². The van der Waals surface area contributed by atoms with Crippen LogP contribution < -0.4 is 5.32 Å². The van der Waals surface area contributed by atoms with Crippen LogP contribution in [0.5, 0.6) is 0 Å². The molecule has 4 rings (SSSR count). The number of fused-ring (bicyclic) bond motifs is 1. The molecule has 0 aliphatic carbocycles. The van der Waals surface area contributed by atoms with Crippen molar-refractivity contribution in [3.63, 3.8) is 0 Å². The lowest BCUT2D eigenvalue weighted by molar-refractivity contribution is 0.0777. The van der Waals surface area contributed by atoms with Crippen molar-refractivity contribution in [1.29, 1.82) is 5.41 Å². The predicted octanol–water partition coefficient (Wildman–Crippen LogP) is 3.73. The van der Waals surface area contributed by atoms with Crippen molar-refractivity contribution in [2.75, 3.05) is 20.1 Å².